The molecule has 0 atom stereocenters. The second-order valence-corrected chi connectivity index (χ2v) is 8.83. The van der Waals surface area contributed by atoms with Gasteiger partial charge in [0.2, 0.25) is 15.0 Å². The molecule has 0 aliphatic carbocycles. The summed E-state index contributed by atoms with van der Waals surface area (Å²) in [5.41, 5.74) is 1.59. The van der Waals surface area contributed by atoms with Gasteiger partial charge in [-0.05, 0) is 11.5 Å². The third-order valence-corrected chi connectivity index (χ3v) is 5.61. The number of sulfone groups is 1. The van der Waals surface area contributed by atoms with Crippen molar-refractivity contribution in [3.05, 3.63) is 60.4 Å². The highest BCUT2D eigenvalue weighted by Gasteiger charge is 2.24. The Morgan fingerprint density at radius 2 is 2.04 bits per heavy atom. The summed E-state index contributed by atoms with van der Waals surface area (Å²) in [5, 5.41) is 0.120. The van der Waals surface area contributed by atoms with Crippen LogP contribution in [0.2, 0.25) is 0 Å². The highest BCUT2D eigenvalue weighted by molar-refractivity contribution is 7.90. The van der Waals surface area contributed by atoms with E-state index in [2.05, 4.69) is 31.3 Å². The Labute approximate surface area is 162 Å². The van der Waals surface area contributed by atoms with Gasteiger partial charge in [-0.15, -0.1) is 13.0 Å². The minimum Gasteiger partial charge on any atom is -0.317 e. The molecule has 1 heterocycles. The molecule has 1 aromatic carbocycles. The summed E-state index contributed by atoms with van der Waals surface area (Å²) in [6.07, 6.45) is 8.88. The van der Waals surface area contributed by atoms with E-state index in [0.29, 0.717) is 26.2 Å². The first-order chi connectivity index (χ1) is 12.9. The number of rotatable bonds is 10. The average Bonchev–Trinajstić information content (AvgIpc) is 2.98. The fraction of sp³-hybridized carbons (Fsp3) is 0.381. The molecule has 0 N–H and O–H groups in total. The molecule has 0 fully saturated rings. The van der Waals surface area contributed by atoms with Crippen LogP contribution in [0.1, 0.15) is 25.1 Å². The molecule has 0 amide bonds. The van der Waals surface area contributed by atoms with Crippen molar-refractivity contribution in [3.63, 3.8) is 0 Å². The summed E-state index contributed by atoms with van der Waals surface area (Å²) in [4.78, 5) is 6.30. The molecule has 144 valence electrons. The first kappa shape index (κ1) is 20.9. The Balaban J connectivity index is 2.37. The lowest BCUT2D eigenvalue weighted by molar-refractivity contribution is 0.316. The number of imidazole rings is 1. The molecule has 0 saturated heterocycles. The molecule has 2 rings (SSSR count). The van der Waals surface area contributed by atoms with Crippen molar-refractivity contribution in [1.82, 2.24) is 14.5 Å². The molecule has 5 nitrogen and oxygen atoms in total. The van der Waals surface area contributed by atoms with Gasteiger partial charge in [0.1, 0.15) is 0 Å². The standard InChI is InChI=1S/C21H27N3O2S/c1-5-12-23(13-6-2)16-20-14-22-21(24(20)15-18(3)4)27(25,26)17-19-10-8-7-9-11-19/h1,6-11,14,18H,2,12-13,15-17H2,3-4H3. The van der Waals surface area contributed by atoms with Gasteiger partial charge in [-0.1, -0.05) is 56.2 Å². The largest absolute Gasteiger partial charge is 0.317 e. The Hall–Kier alpha value is -2.36. The zero-order chi connectivity index (χ0) is 19.9. The quantitative estimate of drug-likeness (QED) is 0.466. The second kappa shape index (κ2) is 9.54. The van der Waals surface area contributed by atoms with Crippen LogP contribution in [0.15, 0.2) is 54.3 Å². The molecule has 0 unspecified atom stereocenters. The lowest BCUT2D eigenvalue weighted by Crippen LogP contribution is -2.26. The fourth-order valence-corrected chi connectivity index (χ4v) is 4.41. The molecular formula is C21H27N3O2S. The van der Waals surface area contributed by atoms with E-state index in [1.807, 2.05) is 39.8 Å². The zero-order valence-electron chi connectivity index (χ0n) is 16.0. The molecule has 0 radical (unpaired) electrons. The SMILES string of the molecule is C#CCN(CC=C)Cc1cnc(S(=O)(=O)Cc2ccccc2)n1CC(C)C. The van der Waals surface area contributed by atoms with Gasteiger partial charge in [0.25, 0.3) is 0 Å². The number of hydrogen-bond donors (Lipinski definition) is 0. The minimum absolute atomic E-state index is 0.0664. The summed E-state index contributed by atoms with van der Waals surface area (Å²) in [5.74, 6) is 2.85. The van der Waals surface area contributed by atoms with Crippen LogP contribution in [0, 0.1) is 18.3 Å². The molecule has 0 saturated carbocycles. The third kappa shape index (κ3) is 5.81. The van der Waals surface area contributed by atoms with Gasteiger partial charge in [0.05, 0.1) is 24.2 Å². The van der Waals surface area contributed by atoms with Gasteiger partial charge < -0.3 is 4.57 Å². The average molecular weight is 386 g/mol. The molecular weight excluding hydrogens is 358 g/mol. The maximum absolute atomic E-state index is 13.0. The number of aromatic nitrogens is 2. The van der Waals surface area contributed by atoms with Crippen molar-refractivity contribution in [1.29, 1.82) is 0 Å². The molecule has 6 heteroatoms. The van der Waals surface area contributed by atoms with Crippen molar-refractivity contribution < 1.29 is 8.42 Å². The number of benzene rings is 1. The molecule has 0 bridgehead atoms. The van der Waals surface area contributed by atoms with Gasteiger partial charge in [-0.25, -0.2) is 13.4 Å². The molecule has 2 aromatic rings. The molecule has 0 spiro atoms. The van der Waals surface area contributed by atoms with Crippen molar-refractivity contribution >= 4 is 9.84 Å². The monoisotopic (exact) mass is 385 g/mol. The Morgan fingerprint density at radius 1 is 1.33 bits per heavy atom. The van der Waals surface area contributed by atoms with Gasteiger partial charge in [-0.3, -0.25) is 4.90 Å². The highest BCUT2D eigenvalue weighted by atomic mass is 32.2. The van der Waals surface area contributed by atoms with Crippen LogP contribution in [-0.4, -0.2) is 36.0 Å². The van der Waals surface area contributed by atoms with Gasteiger partial charge in [0.15, 0.2) is 0 Å². The van der Waals surface area contributed by atoms with Crippen molar-refractivity contribution in [3.8, 4) is 12.3 Å². The summed E-state index contributed by atoms with van der Waals surface area (Å²) >= 11 is 0. The summed E-state index contributed by atoms with van der Waals surface area (Å²) in [6.45, 7) is 10.1. The van der Waals surface area contributed by atoms with Crippen molar-refractivity contribution in [2.75, 3.05) is 13.1 Å². The lowest BCUT2D eigenvalue weighted by Gasteiger charge is -2.20. The maximum atomic E-state index is 13.0. The molecule has 0 aliphatic rings. The van der Waals surface area contributed by atoms with Crippen LogP contribution in [0.3, 0.4) is 0 Å². The lowest BCUT2D eigenvalue weighted by atomic mass is 10.2. The summed E-state index contributed by atoms with van der Waals surface area (Å²) < 4.78 is 27.8. The van der Waals surface area contributed by atoms with E-state index in [1.165, 1.54) is 0 Å². The number of terminal acetylenes is 1. The first-order valence-electron chi connectivity index (χ1n) is 8.95. The fourth-order valence-electron chi connectivity index (χ4n) is 2.91. The Kier molecular flexibility index (Phi) is 7.40. The van der Waals surface area contributed by atoms with Crippen LogP contribution in [0.4, 0.5) is 0 Å². The van der Waals surface area contributed by atoms with E-state index in [0.717, 1.165) is 11.3 Å². The number of nitrogens with zero attached hydrogens (tertiary/aromatic N) is 3. The van der Waals surface area contributed by atoms with Crippen LogP contribution in [0.25, 0.3) is 0 Å². The van der Waals surface area contributed by atoms with E-state index >= 15 is 0 Å². The van der Waals surface area contributed by atoms with E-state index in [4.69, 9.17) is 6.42 Å². The highest BCUT2D eigenvalue weighted by Crippen LogP contribution is 2.20. The third-order valence-electron chi connectivity index (χ3n) is 4.01. The van der Waals surface area contributed by atoms with Gasteiger partial charge in [0, 0.05) is 19.6 Å². The van der Waals surface area contributed by atoms with Gasteiger partial charge >= 0.3 is 0 Å². The van der Waals surface area contributed by atoms with E-state index in [1.54, 1.807) is 12.3 Å². The summed E-state index contributed by atoms with van der Waals surface area (Å²) in [7, 11) is -3.56. The smallest absolute Gasteiger partial charge is 0.228 e. The van der Waals surface area contributed by atoms with Crippen LogP contribution in [0.5, 0.6) is 0 Å². The Bertz CT molecular complexity index is 893. The normalized spacial score (nSPS) is 11.7. The number of hydrogen-bond acceptors (Lipinski definition) is 4. The predicted molar refractivity (Wildman–Crippen MR) is 109 cm³/mol. The second-order valence-electron chi connectivity index (χ2n) is 6.94. The van der Waals surface area contributed by atoms with Crippen molar-refractivity contribution in [2.45, 2.75) is 37.8 Å². The molecule has 1 aromatic heterocycles. The molecule has 0 aliphatic heterocycles. The Morgan fingerprint density at radius 3 is 2.63 bits per heavy atom. The van der Waals surface area contributed by atoms with Crippen LogP contribution < -0.4 is 0 Å². The minimum atomic E-state index is -3.56. The van der Waals surface area contributed by atoms with Crippen LogP contribution in [-0.2, 0) is 28.7 Å². The maximum Gasteiger partial charge on any atom is 0.228 e. The van der Waals surface area contributed by atoms with Gasteiger partial charge in [-0.2, -0.15) is 0 Å². The summed E-state index contributed by atoms with van der Waals surface area (Å²) in [6, 6.07) is 9.17. The zero-order valence-corrected chi connectivity index (χ0v) is 16.8. The first-order valence-corrected chi connectivity index (χ1v) is 10.6. The van der Waals surface area contributed by atoms with E-state index in [-0.39, 0.29) is 16.8 Å². The predicted octanol–water partition coefficient (Wildman–Crippen LogP) is 3.13. The van der Waals surface area contributed by atoms with Crippen LogP contribution >= 0.6 is 0 Å². The van der Waals surface area contributed by atoms with E-state index < -0.39 is 9.84 Å². The van der Waals surface area contributed by atoms with Crippen molar-refractivity contribution in [2.24, 2.45) is 5.92 Å². The molecule has 27 heavy (non-hydrogen) atoms. The van der Waals surface area contributed by atoms with E-state index in [9.17, 15) is 8.42 Å². The topological polar surface area (TPSA) is 55.2 Å².